The standard InChI is InChI=1S/C12H16F2N2/c13-11-2-1-10(12(14)5-11)8-16-4-3-9(6-15)7-16/h1-2,5,9H,3-4,6-8,15H2. The molecule has 1 aromatic carbocycles. The summed E-state index contributed by atoms with van der Waals surface area (Å²) in [7, 11) is 0. The molecule has 0 saturated carbocycles. The maximum atomic E-state index is 13.4. The first-order chi connectivity index (χ1) is 7.69. The van der Waals surface area contributed by atoms with Gasteiger partial charge in [0, 0.05) is 24.7 Å². The van der Waals surface area contributed by atoms with Crippen LogP contribution in [0.25, 0.3) is 0 Å². The number of hydrogen-bond acceptors (Lipinski definition) is 2. The van der Waals surface area contributed by atoms with Crippen molar-refractivity contribution >= 4 is 0 Å². The number of hydrogen-bond donors (Lipinski definition) is 1. The van der Waals surface area contributed by atoms with E-state index in [1.165, 1.54) is 12.1 Å². The first-order valence-corrected chi connectivity index (χ1v) is 5.55. The quantitative estimate of drug-likeness (QED) is 0.850. The highest BCUT2D eigenvalue weighted by Crippen LogP contribution is 2.19. The van der Waals surface area contributed by atoms with Crippen LogP contribution in [-0.2, 0) is 6.54 Å². The van der Waals surface area contributed by atoms with E-state index in [-0.39, 0.29) is 0 Å². The molecule has 0 aliphatic carbocycles. The summed E-state index contributed by atoms with van der Waals surface area (Å²) in [6.07, 6.45) is 1.07. The van der Waals surface area contributed by atoms with Crippen LogP contribution in [0.4, 0.5) is 8.78 Å². The van der Waals surface area contributed by atoms with Crippen molar-refractivity contribution in [1.82, 2.24) is 4.90 Å². The van der Waals surface area contributed by atoms with Crippen molar-refractivity contribution in [2.24, 2.45) is 11.7 Å². The Hall–Kier alpha value is -1.00. The molecule has 0 aromatic heterocycles. The average molecular weight is 226 g/mol. The van der Waals surface area contributed by atoms with Gasteiger partial charge in [-0.25, -0.2) is 8.78 Å². The van der Waals surface area contributed by atoms with Gasteiger partial charge < -0.3 is 5.73 Å². The third-order valence-electron chi connectivity index (χ3n) is 3.11. The third kappa shape index (κ3) is 2.57. The van der Waals surface area contributed by atoms with Crippen LogP contribution in [0.1, 0.15) is 12.0 Å². The van der Waals surface area contributed by atoms with Gasteiger partial charge in [0.1, 0.15) is 11.6 Å². The van der Waals surface area contributed by atoms with Crippen molar-refractivity contribution in [3.63, 3.8) is 0 Å². The van der Waals surface area contributed by atoms with Crippen LogP contribution >= 0.6 is 0 Å². The molecule has 2 nitrogen and oxygen atoms in total. The predicted molar refractivity (Wildman–Crippen MR) is 58.8 cm³/mol. The summed E-state index contributed by atoms with van der Waals surface area (Å²) in [4.78, 5) is 2.16. The van der Waals surface area contributed by atoms with Crippen molar-refractivity contribution in [1.29, 1.82) is 0 Å². The second-order valence-corrected chi connectivity index (χ2v) is 4.36. The van der Waals surface area contributed by atoms with E-state index < -0.39 is 11.6 Å². The summed E-state index contributed by atoms with van der Waals surface area (Å²) in [5.41, 5.74) is 6.14. The summed E-state index contributed by atoms with van der Waals surface area (Å²) in [6, 6.07) is 3.75. The van der Waals surface area contributed by atoms with E-state index in [1.807, 2.05) is 0 Å². The molecular weight excluding hydrogens is 210 g/mol. The number of benzene rings is 1. The Balaban J connectivity index is 1.99. The molecule has 16 heavy (non-hydrogen) atoms. The van der Waals surface area contributed by atoms with Gasteiger partial charge in [0.05, 0.1) is 0 Å². The molecule has 0 amide bonds. The lowest BCUT2D eigenvalue weighted by Crippen LogP contribution is -2.23. The molecule has 1 aromatic rings. The second kappa shape index (κ2) is 4.89. The lowest BCUT2D eigenvalue weighted by atomic mass is 10.1. The number of nitrogens with two attached hydrogens (primary N) is 1. The Bertz CT molecular complexity index is 368. The normalized spacial score (nSPS) is 21.6. The van der Waals surface area contributed by atoms with Crippen LogP contribution in [0.2, 0.25) is 0 Å². The summed E-state index contributed by atoms with van der Waals surface area (Å²) in [5.74, 6) is -0.470. The highest BCUT2D eigenvalue weighted by atomic mass is 19.1. The minimum Gasteiger partial charge on any atom is -0.330 e. The van der Waals surface area contributed by atoms with E-state index in [2.05, 4.69) is 4.90 Å². The molecular formula is C12H16F2N2. The Morgan fingerprint density at radius 1 is 1.38 bits per heavy atom. The molecule has 0 spiro atoms. The highest BCUT2D eigenvalue weighted by Gasteiger charge is 2.21. The van der Waals surface area contributed by atoms with Gasteiger partial charge >= 0.3 is 0 Å². The maximum absolute atomic E-state index is 13.4. The van der Waals surface area contributed by atoms with E-state index in [0.717, 1.165) is 25.6 Å². The number of halogens is 2. The van der Waals surface area contributed by atoms with Crippen LogP contribution in [0.5, 0.6) is 0 Å². The lowest BCUT2D eigenvalue weighted by molar-refractivity contribution is 0.312. The van der Waals surface area contributed by atoms with Crippen LogP contribution in [-0.4, -0.2) is 24.5 Å². The lowest BCUT2D eigenvalue weighted by Gasteiger charge is -2.16. The van der Waals surface area contributed by atoms with Gasteiger partial charge in [-0.05, 0) is 31.5 Å². The molecule has 2 rings (SSSR count). The number of likely N-dealkylation sites (tertiary alicyclic amines) is 1. The van der Waals surface area contributed by atoms with E-state index >= 15 is 0 Å². The number of nitrogens with zero attached hydrogens (tertiary/aromatic N) is 1. The molecule has 1 atom stereocenters. The zero-order valence-corrected chi connectivity index (χ0v) is 9.13. The second-order valence-electron chi connectivity index (χ2n) is 4.36. The first kappa shape index (κ1) is 11.5. The summed E-state index contributed by atoms with van der Waals surface area (Å²) in [6.45, 7) is 3.08. The van der Waals surface area contributed by atoms with Crippen molar-refractivity contribution in [3.8, 4) is 0 Å². The Kier molecular flexibility index (Phi) is 3.51. The van der Waals surface area contributed by atoms with Gasteiger partial charge in [0.15, 0.2) is 0 Å². The largest absolute Gasteiger partial charge is 0.330 e. The van der Waals surface area contributed by atoms with Crippen molar-refractivity contribution < 1.29 is 8.78 Å². The Morgan fingerprint density at radius 3 is 2.81 bits per heavy atom. The monoisotopic (exact) mass is 226 g/mol. The fraction of sp³-hybridized carbons (Fsp3) is 0.500. The SMILES string of the molecule is NCC1CCN(Cc2ccc(F)cc2F)C1. The molecule has 1 aliphatic rings. The predicted octanol–water partition coefficient (Wildman–Crippen LogP) is 1.75. The highest BCUT2D eigenvalue weighted by molar-refractivity contribution is 5.18. The van der Waals surface area contributed by atoms with Crippen LogP contribution in [0.3, 0.4) is 0 Å². The zero-order chi connectivity index (χ0) is 11.5. The molecule has 2 N–H and O–H groups in total. The summed E-state index contributed by atoms with van der Waals surface area (Å²) >= 11 is 0. The zero-order valence-electron chi connectivity index (χ0n) is 9.13. The average Bonchev–Trinajstić information content (AvgIpc) is 2.70. The van der Waals surface area contributed by atoms with E-state index in [4.69, 9.17) is 5.73 Å². The van der Waals surface area contributed by atoms with Crippen LogP contribution in [0.15, 0.2) is 18.2 Å². The Morgan fingerprint density at radius 2 is 2.19 bits per heavy atom. The van der Waals surface area contributed by atoms with Gasteiger partial charge in [0.2, 0.25) is 0 Å². The summed E-state index contributed by atoms with van der Waals surface area (Å²) in [5, 5.41) is 0. The van der Waals surface area contributed by atoms with Gasteiger partial charge in [-0.15, -0.1) is 0 Å². The summed E-state index contributed by atoms with van der Waals surface area (Å²) < 4.78 is 26.1. The fourth-order valence-corrected chi connectivity index (χ4v) is 2.14. The molecule has 1 heterocycles. The first-order valence-electron chi connectivity index (χ1n) is 5.55. The van der Waals surface area contributed by atoms with Gasteiger partial charge in [-0.3, -0.25) is 4.90 Å². The fourth-order valence-electron chi connectivity index (χ4n) is 2.14. The molecule has 1 saturated heterocycles. The minimum absolute atomic E-state index is 0.462. The van der Waals surface area contributed by atoms with Gasteiger partial charge in [-0.2, -0.15) is 0 Å². The molecule has 4 heteroatoms. The topological polar surface area (TPSA) is 29.3 Å². The number of rotatable bonds is 3. The Labute approximate surface area is 94.0 Å². The van der Waals surface area contributed by atoms with Crippen LogP contribution in [0, 0.1) is 17.6 Å². The maximum Gasteiger partial charge on any atom is 0.130 e. The smallest absolute Gasteiger partial charge is 0.130 e. The molecule has 88 valence electrons. The molecule has 0 bridgehead atoms. The van der Waals surface area contributed by atoms with Crippen molar-refractivity contribution in [2.75, 3.05) is 19.6 Å². The molecule has 1 unspecified atom stereocenters. The minimum atomic E-state index is -0.525. The van der Waals surface area contributed by atoms with Gasteiger partial charge in [0.25, 0.3) is 0 Å². The molecule has 1 aliphatic heterocycles. The van der Waals surface area contributed by atoms with Crippen molar-refractivity contribution in [2.45, 2.75) is 13.0 Å². The van der Waals surface area contributed by atoms with Crippen LogP contribution < -0.4 is 5.73 Å². The van der Waals surface area contributed by atoms with E-state index in [1.54, 1.807) is 0 Å². The molecule has 0 radical (unpaired) electrons. The van der Waals surface area contributed by atoms with E-state index in [9.17, 15) is 8.78 Å². The van der Waals surface area contributed by atoms with Gasteiger partial charge in [-0.1, -0.05) is 6.07 Å². The third-order valence-corrected chi connectivity index (χ3v) is 3.11. The molecule has 1 fully saturated rings. The van der Waals surface area contributed by atoms with E-state index in [0.29, 0.717) is 24.6 Å². The van der Waals surface area contributed by atoms with Crippen molar-refractivity contribution in [3.05, 3.63) is 35.4 Å².